The van der Waals surface area contributed by atoms with Gasteiger partial charge in [0.05, 0.1) is 16.0 Å². The molecule has 1 aliphatic rings. The van der Waals surface area contributed by atoms with Crippen LogP contribution >= 0.6 is 0 Å². The Bertz CT molecular complexity index is 722. The second kappa shape index (κ2) is 7.04. The molecule has 2 N–H and O–H groups in total. The van der Waals surface area contributed by atoms with Crippen molar-refractivity contribution >= 4 is 23.2 Å². The Balaban J connectivity index is 2.23. The van der Waals surface area contributed by atoms with Gasteiger partial charge in [0.25, 0.3) is 11.6 Å². The number of halogens is 1. The fourth-order valence-corrected chi connectivity index (χ4v) is 2.87. The molecule has 0 aromatic heterocycles. The molecule has 136 valence electrons. The average Bonchev–Trinajstić information content (AvgIpc) is 2.93. The number of carbonyl (C=O) groups excluding carboxylic acids is 2. The Morgan fingerprint density at radius 1 is 1.48 bits per heavy atom. The van der Waals surface area contributed by atoms with E-state index in [9.17, 15) is 24.1 Å². The molecule has 0 radical (unpaired) electrons. The number of nitro benzene ring substituents is 1. The normalized spacial score (nSPS) is 19.4. The van der Waals surface area contributed by atoms with Crippen LogP contribution in [0.5, 0.6) is 0 Å². The lowest BCUT2D eigenvalue weighted by Gasteiger charge is -2.28. The van der Waals surface area contributed by atoms with Crippen molar-refractivity contribution in [2.75, 3.05) is 25.5 Å². The first kappa shape index (κ1) is 18.6. The molecule has 1 aromatic rings. The molecule has 25 heavy (non-hydrogen) atoms. The average molecular weight is 352 g/mol. The molecule has 0 aliphatic carbocycles. The summed E-state index contributed by atoms with van der Waals surface area (Å²) in [6.07, 6.45) is 1.56. The summed E-state index contributed by atoms with van der Waals surface area (Å²) in [5, 5.41) is 16.6. The molecule has 2 amide bonds. The van der Waals surface area contributed by atoms with Crippen molar-refractivity contribution in [2.24, 2.45) is 0 Å². The van der Waals surface area contributed by atoms with Crippen molar-refractivity contribution in [1.29, 1.82) is 0 Å². The molecule has 1 aromatic carbocycles. The van der Waals surface area contributed by atoms with Crippen LogP contribution < -0.4 is 15.5 Å². The minimum Gasteiger partial charge on any atom is -0.372 e. The lowest BCUT2D eigenvalue weighted by Crippen LogP contribution is -2.50. The highest BCUT2D eigenvalue weighted by Gasteiger charge is 2.36. The monoisotopic (exact) mass is 352 g/mol. The second-order valence-corrected chi connectivity index (χ2v) is 6.34. The summed E-state index contributed by atoms with van der Waals surface area (Å²) < 4.78 is 14.3. The molecule has 1 fully saturated rings. The van der Waals surface area contributed by atoms with Crippen LogP contribution in [0, 0.1) is 15.9 Å². The summed E-state index contributed by atoms with van der Waals surface area (Å²) in [5.74, 6) is -1.68. The summed E-state index contributed by atoms with van der Waals surface area (Å²) in [6, 6.07) is 1.91. The van der Waals surface area contributed by atoms with Gasteiger partial charge in [0.15, 0.2) is 0 Å². The van der Waals surface area contributed by atoms with E-state index in [0.29, 0.717) is 19.3 Å². The first-order chi connectivity index (χ1) is 11.7. The van der Waals surface area contributed by atoms with Crippen molar-refractivity contribution in [1.82, 2.24) is 10.6 Å². The van der Waals surface area contributed by atoms with Crippen molar-refractivity contribution < 1.29 is 18.9 Å². The highest BCUT2D eigenvalue weighted by molar-refractivity contribution is 5.96. The van der Waals surface area contributed by atoms with Gasteiger partial charge in [0, 0.05) is 39.2 Å². The maximum absolute atomic E-state index is 14.3. The Labute approximate surface area is 144 Å². The quantitative estimate of drug-likeness (QED) is 0.597. The Kier molecular flexibility index (Phi) is 5.24. The zero-order valence-electron chi connectivity index (χ0n) is 14.4. The summed E-state index contributed by atoms with van der Waals surface area (Å²) in [6.45, 7) is 2.02. The van der Waals surface area contributed by atoms with Gasteiger partial charge in [-0.25, -0.2) is 4.39 Å². The third-order valence-corrected chi connectivity index (χ3v) is 4.49. The van der Waals surface area contributed by atoms with E-state index in [1.807, 2.05) is 6.92 Å². The lowest BCUT2D eigenvalue weighted by molar-refractivity contribution is -0.384. The number of amides is 2. The molecule has 8 nitrogen and oxygen atoms in total. The van der Waals surface area contributed by atoms with E-state index in [1.54, 1.807) is 14.1 Å². The number of hydrogen-bond donors (Lipinski definition) is 2. The second-order valence-electron chi connectivity index (χ2n) is 6.34. The van der Waals surface area contributed by atoms with E-state index in [-0.39, 0.29) is 23.8 Å². The largest absolute Gasteiger partial charge is 0.372 e. The maximum Gasteiger partial charge on any atom is 0.293 e. The minimum atomic E-state index is -0.840. The van der Waals surface area contributed by atoms with Gasteiger partial charge in [-0.15, -0.1) is 0 Å². The molecule has 1 aliphatic heterocycles. The van der Waals surface area contributed by atoms with Gasteiger partial charge in [-0.1, -0.05) is 6.92 Å². The number of nitrogens with zero attached hydrogens (tertiary/aromatic N) is 2. The third kappa shape index (κ3) is 3.86. The van der Waals surface area contributed by atoms with Crippen LogP contribution in [0.4, 0.5) is 15.8 Å². The zero-order chi connectivity index (χ0) is 18.8. The smallest absolute Gasteiger partial charge is 0.293 e. The zero-order valence-corrected chi connectivity index (χ0v) is 14.4. The topological polar surface area (TPSA) is 105 Å². The molecular weight excluding hydrogens is 331 g/mol. The maximum atomic E-state index is 14.3. The number of benzene rings is 1. The summed E-state index contributed by atoms with van der Waals surface area (Å²) >= 11 is 0. The summed E-state index contributed by atoms with van der Waals surface area (Å²) in [4.78, 5) is 35.7. The van der Waals surface area contributed by atoms with Crippen molar-refractivity contribution in [3.63, 3.8) is 0 Å². The fraction of sp³-hybridized carbons (Fsp3) is 0.500. The van der Waals surface area contributed by atoms with E-state index < -0.39 is 27.8 Å². The Hall–Kier alpha value is -2.71. The van der Waals surface area contributed by atoms with Crippen LogP contribution in [-0.4, -0.2) is 42.9 Å². The van der Waals surface area contributed by atoms with Crippen LogP contribution in [-0.2, 0) is 4.79 Å². The van der Waals surface area contributed by atoms with Crippen LogP contribution in [0.15, 0.2) is 12.1 Å². The van der Waals surface area contributed by atoms with Gasteiger partial charge in [-0.2, -0.15) is 0 Å². The summed E-state index contributed by atoms with van der Waals surface area (Å²) in [5.41, 5.74) is -1.23. The molecule has 0 bridgehead atoms. The van der Waals surface area contributed by atoms with Gasteiger partial charge in [-0.05, 0) is 12.8 Å². The lowest BCUT2D eigenvalue weighted by atomic mass is 9.94. The first-order valence-electron chi connectivity index (χ1n) is 7.93. The van der Waals surface area contributed by atoms with Crippen LogP contribution in [0.2, 0.25) is 0 Å². The number of rotatable bonds is 6. The molecular formula is C16H21FN4O4. The standard InChI is InChI=1S/C16H21FN4O4/c1-4-16(6-5-14(22)19-16)9-18-15(23)10-7-13(21(24)25)12(20(2)3)8-11(10)17/h7-8H,4-6,9H2,1-3H3,(H,18,23)(H,19,22). The van der Waals surface area contributed by atoms with Gasteiger partial charge in [0.1, 0.15) is 11.5 Å². The summed E-state index contributed by atoms with van der Waals surface area (Å²) in [7, 11) is 3.10. The van der Waals surface area contributed by atoms with Gasteiger partial charge in [-0.3, -0.25) is 19.7 Å². The Morgan fingerprint density at radius 3 is 2.64 bits per heavy atom. The van der Waals surface area contributed by atoms with Crippen LogP contribution in [0.3, 0.4) is 0 Å². The van der Waals surface area contributed by atoms with Gasteiger partial charge in [0.2, 0.25) is 5.91 Å². The molecule has 1 unspecified atom stereocenters. The molecule has 9 heteroatoms. The molecule has 0 spiro atoms. The van der Waals surface area contributed by atoms with Crippen LogP contribution in [0.1, 0.15) is 36.5 Å². The number of nitro groups is 1. The van der Waals surface area contributed by atoms with Crippen molar-refractivity contribution in [3.8, 4) is 0 Å². The van der Waals surface area contributed by atoms with Crippen LogP contribution in [0.25, 0.3) is 0 Å². The third-order valence-electron chi connectivity index (χ3n) is 4.49. The highest BCUT2D eigenvalue weighted by atomic mass is 19.1. The molecule has 1 heterocycles. The van der Waals surface area contributed by atoms with E-state index in [0.717, 1.165) is 12.1 Å². The van der Waals surface area contributed by atoms with Crippen molar-refractivity contribution in [3.05, 3.63) is 33.6 Å². The molecule has 0 saturated carbocycles. The first-order valence-corrected chi connectivity index (χ1v) is 7.93. The van der Waals surface area contributed by atoms with E-state index in [4.69, 9.17) is 0 Å². The molecule has 2 rings (SSSR count). The number of nitrogens with one attached hydrogen (secondary N) is 2. The highest BCUT2D eigenvalue weighted by Crippen LogP contribution is 2.30. The number of anilines is 1. The van der Waals surface area contributed by atoms with Crippen molar-refractivity contribution in [2.45, 2.75) is 31.7 Å². The molecule has 1 atom stereocenters. The SMILES string of the molecule is CCC1(CNC(=O)c2cc([N+](=O)[O-])c(N(C)C)cc2F)CCC(=O)N1. The Morgan fingerprint density at radius 2 is 2.16 bits per heavy atom. The van der Waals surface area contributed by atoms with E-state index >= 15 is 0 Å². The fourth-order valence-electron chi connectivity index (χ4n) is 2.87. The van der Waals surface area contributed by atoms with Gasteiger partial charge >= 0.3 is 0 Å². The number of hydrogen-bond acceptors (Lipinski definition) is 5. The minimum absolute atomic E-state index is 0.0761. The molecule has 1 saturated heterocycles. The van der Waals surface area contributed by atoms with E-state index in [2.05, 4.69) is 10.6 Å². The van der Waals surface area contributed by atoms with Gasteiger partial charge < -0.3 is 15.5 Å². The predicted octanol–water partition coefficient (Wildman–Crippen LogP) is 1.59. The predicted molar refractivity (Wildman–Crippen MR) is 90.1 cm³/mol. The number of carbonyl (C=O) groups is 2. The van der Waals surface area contributed by atoms with E-state index in [1.165, 1.54) is 4.90 Å².